The van der Waals surface area contributed by atoms with Crippen molar-refractivity contribution in [1.29, 1.82) is 0 Å². The minimum Gasteiger partial charge on any atom is -0.497 e. The Morgan fingerprint density at radius 1 is 0.939 bits per heavy atom. The molecule has 9 nitrogen and oxygen atoms in total. The number of anilines is 1. The maximum absolute atomic E-state index is 13.2. The number of aryl methyl sites for hydroxylation is 1. The molecular formula is C22H29N3O6S2. The molecule has 3 rings (SSSR count). The third-order valence-corrected chi connectivity index (χ3v) is 8.76. The van der Waals surface area contributed by atoms with Gasteiger partial charge in [0.05, 0.1) is 23.9 Å². The fourth-order valence-corrected chi connectivity index (χ4v) is 6.40. The standard InChI is InChI=1S/C22H29N3O6S2/c1-17-5-11-21(12-6-17)33(29,30)24-15-13-23(14-16-24)22(26)18(2)25(32(4,27)28)19-7-9-20(31-3)10-8-19/h5-12,18H,13-16H2,1-4H3. The third kappa shape index (κ3) is 5.48. The Balaban J connectivity index is 1.73. The quantitative estimate of drug-likeness (QED) is 0.579. The molecule has 180 valence electrons. The van der Waals surface area contributed by atoms with E-state index in [1.54, 1.807) is 48.5 Å². The minimum absolute atomic E-state index is 0.135. The van der Waals surface area contributed by atoms with Gasteiger partial charge in [-0.3, -0.25) is 9.10 Å². The Hall–Kier alpha value is -2.63. The molecule has 1 atom stereocenters. The van der Waals surface area contributed by atoms with Gasteiger partial charge >= 0.3 is 0 Å². The van der Waals surface area contributed by atoms with Crippen LogP contribution in [0, 0.1) is 6.92 Å². The zero-order chi connectivity index (χ0) is 24.4. The Labute approximate surface area is 195 Å². The van der Waals surface area contributed by atoms with Crippen LogP contribution in [0.4, 0.5) is 5.69 Å². The number of hydrogen-bond donors (Lipinski definition) is 0. The van der Waals surface area contributed by atoms with Crippen molar-refractivity contribution in [1.82, 2.24) is 9.21 Å². The van der Waals surface area contributed by atoms with Crippen molar-refractivity contribution in [2.45, 2.75) is 24.8 Å². The fraction of sp³-hybridized carbons (Fsp3) is 0.409. The molecule has 0 bridgehead atoms. The normalized spacial score (nSPS) is 16.3. The molecule has 1 saturated heterocycles. The molecule has 1 aliphatic heterocycles. The number of ether oxygens (including phenoxy) is 1. The van der Waals surface area contributed by atoms with Crippen LogP contribution in [0.3, 0.4) is 0 Å². The van der Waals surface area contributed by atoms with Crippen LogP contribution in [-0.4, -0.2) is 77.5 Å². The van der Waals surface area contributed by atoms with Crippen molar-refractivity contribution in [2.75, 3.05) is 43.8 Å². The summed E-state index contributed by atoms with van der Waals surface area (Å²) in [6.07, 6.45) is 1.05. The largest absolute Gasteiger partial charge is 0.497 e. The zero-order valence-electron chi connectivity index (χ0n) is 19.1. The van der Waals surface area contributed by atoms with Gasteiger partial charge in [-0.05, 0) is 50.2 Å². The minimum atomic E-state index is -3.76. The zero-order valence-corrected chi connectivity index (χ0v) is 20.8. The van der Waals surface area contributed by atoms with E-state index in [2.05, 4.69) is 0 Å². The van der Waals surface area contributed by atoms with Crippen molar-refractivity contribution in [3.8, 4) is 5.75 Å². The first-order chi connectivity index (χ1) is 15.4. The highest BCUT2D eigenvalue weighted by Gasteiger charge is 2.35. The Morgan fingerprint density at radius 2 is 1.48 bits per heavy atom. The highest BCUT2D eigenvalue weighted by atomic mass is 32.2. The number of nitrogens with zero attached hydrogens (tertiary/aromatic N) is 3. The number of hydrogen-bond acceptors (Lipinski definition) is 6. The average molecular weight is 496 g/mol. The van der Waals surface area contributed by atoms with E-state index in [1.807, 2.05) is 6.92 Å². The molecule has 0 N–H and O–H groups in total. The van der Waals surface area contributed by atoms with E-state index in [0.717, 1.165) is 16.1 Å². The summed E-state index contributed by atoms with van der Waals surface area (Å²) in [7, 11) is -5.91. The van der Waals surface area contributed by atoms with Gasteiger partial charge in [-0.15, -0.1) is 0 Å². The van der Waals surface area contributed by atoms with Crippen molar-refractivity contribution in [2.24, 2.45) is 0 Å². The van der Waals surface area contributed by atoms with E-state index in [1.165, 1.54) is 23.2 Å². The number of carbonyl (C=O) groups excluding carboxylic acids is 1. The molecule has 0 aliphatic carbocycles. The number of carbonyl (C=O) groups is 1. The van der Waals surface area contributed by atoms with Crippen molar-refractivity contribution >= 4 is 31.6 Å². The summed E-state index contributed by atoms with van der Waals surface area (Å²) < 4.78 is 58.4. The highest BCUT2D eigenvalue weighted by molar-refractivity contribution is 7.92. The molecule has 2 aromatic carbocycles. The van der Waals surface area contributed by atoms with Crippen LogP contribution < -0.4 is 9.04 Å². The topological polar surface area (TPSA) is 104 Å². The van der Waals surface area contributed by atoms with Crippen LogP contribution >= 0.6 is 0 Å². The van der Waals surface area contributed by atoms with Crippen LogP contribution in [0.25, 0.3) is 0 Å². The summed E-state index contributed by atoms with van der Waals surface area (Å²) in [5.74, 6) is 0.181. The molecule has 33 heavy (non-hydrogen) atoms. The van der Waals surface area contributed by atoms with Gasteiger partial charge in [0.25, 0.3) is 0 Å². The predicted molar refractivity (Wildman–Crippen MR) is 126 cm³/mol. The summed E-state index contributed by atoms with van der Waals surface area (Å²) in [5, 5.41) is 0. The molecule has 0 aromatic heterocycles. The first-order valence-corrected chi connectivity index (χ1v) is 13.7. The van der Waals surface area contributed by atoms with Gasteiger partial charge in [0.15, 0.2) is 0 Å². The molecule has 0 spiro atoms. The summed E-state index contributed by atoms with van der Waals surface area (Å²) in [6.45, 7) is 4.03. The van der Waals surface area contributed by atoms with E-state index >= 15 is 0 Å². The van der Waals surface area contributed by atoms with Crippen LogP contribution in [0.15, 0.2) is 53.4 Å². The lowest BCUT2D eigenvalue weighted by Gasteiger charge is -2.37. The van der Waals surface area contributed by atoms with Crippen LogP contribution in [-0.2, 0) is 24.8 Å². The molecule has 0 saturated carbocycles. The maximum atomic E-state index is 13.2. The molecule has 1 heterocycles. The fourth-order valence-electron chi connectivity index (χ4n) is 3.80. The SMILES string of the molecule is COc1ccc(N(C(C)C(=O)N2CCN(S(=O)(=O)c3ccc(C)cc3)CC2)S(C)(=O)=O)cc1. The first kappa shape index (κ1) is 25.0. The number of rotatable bonds is 7. The van der Waals surface area contributed by atoms with Gasteiger partial charge in [0, 0.05) is 26.2 Å². The number of benzene rings is 2. The summed E-state index contributed by atoms with van der Waals surface area (Å²) >= 11 is 0. The van der Waals surface area contributed by atoms with Crippen molar-refractivity contribution in [3.63, 3.8) is 0 Å². The molecule has 11 heteroatoms. The van der Waals surface area contributed by atoms with Gasteiger partial charge in [0.2, 0.25) is 26.0 Å². The van der Waals surface area contributed by atoms with Crippen LogP contribution in [0.2, 0.25) is 0 Å². The smallest absolute Gasteiger partial charge is 0.246 e. The van der Waals surface area contributed by atoms with E-state index in [4.69, 9.17) is 4.74 Å². The van der Waals surface area contributed by atoms with E-state index in [-0.39, 0.29) is 37.0 Å². The predicted octanol–water partition coefficient (Wildman–Crippen LogP) is 1.69. The summed E-state index contributed by atoms with van der Waals surface area (Å²) in [4.78, 5) is 14.9. The van der Waals surface area contributed by atoms with Crippen LogP contribution in [0.1, 0.15) is 12.5 Å². The average Bonchev–Trinajstić information content (AvgIpc) is 2.78. The Morgan fingerprint density at radius 3 is 1.97 bits per heavy atom. The van der Waals surface area contributed by atoms with Gasteiger partial charge in [-0.25, -0.2) is 16.8 Å². The molecule has 1 fully saturated rings. The molecule has 1 unspecified atom stereocenters. The first-order valence-electron chi connectivity index (χ1n) is 10.4. The maximum Gasteiger partial charge on any atom is 0.246 e. The Kier molecular flexibility index (Phi) is 7.35. The van der Waals surface area contributed by atoms with E-state index in [0.29, 0.717) is 11.4 Å². The van der Waals surface area contributed by atoms with E-state index < -0.39 is 26.1 Å². The lowest BCUT2D eigenvalue weighted by Crippen LogP contribution is -2.56. The monoisotopic (exact) mass is 495 g/mol. The van der Waals surface area contributed by atoms with Crippen molar-refractivity contribution in [3.05, 3.63) is 54.1 Å². The van der Waals surface area contributed by atoms with Gasteiger partial charge in [-0.1, -0.05) is 17.7 Å². The highest BCUT2D eigenvalue weighted by Crippen LogP contribution is 2.25. The second-order valence-corrected chi connectivity index (χ2v) is 11.8. The summed E-state index contributed by atoms with van der Waals surface area (Å²) in [5.41, 5.74) is 1.31. The molecular weight excluding hydrogens is 466 g/mol. The second kappa shape index (κ2) is 9.70. The van der Waals surface area contributed by atoms with Gasteiger partial charge in [0.1, 0.15) is 11.8 Å². The number of sulfonamides is 2. The number of piperazine rings is 1. The molecule has 0 radical (unpaired) electrons. The number of amides is 1. The number of methoxy groups -OCH3 is 1. The van der Waals surface area contributed by atoms with Crippen LogP contribution in [0.5, 0.6) is 5.75 Å². The lowest BCUT2D eigenvalue weighted by atomic mass is 10.2. The van der Waals surface area contributed by atoms with Crippen molar-refractivity contribution < 1.29 is 26.4 Å². The van der Waals surface area contributed by atoms with E-state index in [9.17, 15) is 21.6 Å². The molecule has 2 aromatic rings. The Bertz CT molecular complexity index is 1190. The lowest BCUT2D eigenvalue weighted by molar-refractivity contribution is -0.133. The molecule has 1 aliphatic rings. The second-order valence-electron chi connectivity index (χ2n) is 7.98. The molecule has 1 amide bonds. The van der Waals surface area contributed by atoms with Gasteiger partial charge in [-0.2, -0.15) is 4.31 Å². The van der Waals surface area contributed by atoms with Gasteiger partial charge < -0.3 is 9.64 Å². The third-order valence-electron chi connectivity index (χ3n) is 5.60. The summed E-state index contributed by atoms with van der Waals surface area (Å²) in [6, 6.07) is 12.0.